The normalized spacial score (nSPS) is 12.3. The van der Waals surface area contributed by atoms with Gasteiger partial charge < -0.3 is 0 Å². The van der Waals surface area contributed by atoms with Crippen molar-refractivity contribution >= 4 is 25.5 Å². The first-order valence-corrected chi connectivity index (χ1v) is 11.5. The van der Waals surface area contributed by atoms with Crippen molar-refractivity contribution in [2.75, 3.05) is 12.5 Å². The minimum absolute atomic E-state index is 0.309. The Bertz CT molecular complexity index is 1230. The number of rotatable bonds is 4. The van der Waals surface area contributed by atoms with Gasteiger partial charge in [0.2, 0.25) is 5.78 Å². The molecule has 2 aromatic rings. The lowest BCUT2D eigenvalue weighted by atomic mass is 9.98. The molecule has 0 aliphatic carbocycles. The molecule has 0 aliphatic rings. The SMILES string of the molecule is Cc1c(F)c(F)c(C(=O)c2c(F)c(F)c(C)c(F)c2S(C)(=O)=O)c(S(C)(=O)=O)c1F. The highest BCUT2D eigenvalue weighted by molar-refractivity contribution is 7.91. The van der Waals surface area contributed by atoms with Crippen LogP contribution in [0.1, 0.15) is 27.0 Å². The topological polar surface area (TPSA) is 85.3 Å². The average molecular weight is 474 g/mol. The number of hydrogen-bond acceptors (Lipinski definition) is 5. The summed E-state index contributed by atoms with van der Waals surface area (Å²) in [6.07, 6.45) is 0.617. The van der Waals surface area contributed by atoms with E-state index in [2.05, 4.69) is 0 Å². The summed E-state index contributed by atoms with van der Waals surface area (Å²) >= 11 is 0. The molecule has 0 heterocycles. The molecule has 0 fully saturated rings. The molecular formula is C17H12F6O5S2. The maximum atomic E-state index is 14.5. The fourth-order valence-electron chi connectivity index (χ4n) is 2.73. The Morgan fingerprint density at radius 2 is 0.833 bits per heavy atom. The number of benzene rings is 2. The van der Waals surface area contributed by atoms with Crippen molar-refractivity contribution in [1.82, 2.24) is 0 Å². The van der Waals surface area contributed by atoms with Crippen molar-refractivity contribution in [3.8, 4) is 0 Å². The van der Waals surface area contributed by atoms with E-state index < -0.39 is 92.4 Å². The second-order valence-electron chi connectivity index (χ2n) is 6.42. The van der Waals surface area contributed by atoms with E-state index in [1.54, 1.807) is 0 Å². The van der Waals surface area contributed by atoms with Crippen LogP contribution in [0.25, 0.3) is 0 Å². The maximum absolute atomic E-state index is 14.5. The number of ketones is 1. The molecule has 2 rings (SSSR count). The van der Waals surface area contributed by atoms with Crippen LogP contribution in [-0.4, -0.2) is 35.1 Å². The van der Waals surface area contributed by atoms with Crippen molar-refractivity contribution in [2.45, 2.75) is 23.6 Å². The van der Waals surface area contributed by atoms with Crippen LogP contribution < -0.4 is 0 Å². The Morgan fingerprint density at radius 3 is 1.07 bits per heavy atom. The zero-order valence-electron chi connectivity index (χ0n) is 15.6. The summed E-state index contributed by atoms with van der Waals surface area (Å²) in [4.78, 5) is 9.34. The molecule has 30 heavy (non-hydrogen) atoms. The van der Waals surface area contributed by atoms with Gasteiger partial charge in [-0.3, -0.25) is 4.79 Å². The second-order valence-corrected chi connectivity index (χ2v) is 10.3. The number of carbonyl (C=O) groups is 1. The number of halogens is 6. The number of hydrogen-bond donors (Lipinski definition) is 0. The van der Waals surface area contributed by atoms with Gasteiger partial charge in [-0.05, 0) is 13.8 Å². The van der Waals surface area contributed by atoms with Crippen molar-refractivity contribution in [3.63, 3.8) is 0 Å². The van der Waals surface area contributed by atoms with Crippen molar-refractivity contribution in [2.24, 2.45) is 0 Å². The Hall–Kier alpha value is -2.41. The Balaban J connectivity index is 3.19. The van der Waals surface area contributed by atoms with Gasteiger partial charge in [0, 0.05) is 23.6 Å². The number of sulfone groups is 2. The van der Waals surface area contributed by atoms with Crippen LogP contribution in [0.5, 0.6) is 0 Å². The summed E-state index contributed by atoms with van der Waals surface area (Å²) in [5, 5.41) is 0. The fraction of sp³-hybridized carbons (Fsp3) is 0.235. The fourth-order valence-corrected chi connectivity index (χ4v) is 4.79. The molecule has 5 nitrogen and oxygen atoms in total. The molecule has 0 radical (unpaired) electrons. The Labute approximate surface area is 167 Å². The van der Waals surface area contributed by atoms with Crippen LogP contribution in [-0.2, 0) is 19.7 Å². The smallest absolute Gasteiger partial charge is 0.202 e. The first kappa shape index (κ1) is 23.9. The second kappa shape index (κ2) is 7.38. The van der Waals surface area contributed by atoms with E-state index >= 15 is 0 Å². The summed E-state index contributed by atoms with van der Waals surface area (Å²) in [6, 6.07) is 0. The summed E-state index contributed by atoms with van der Waals surface area (Å²) < 4.78 is 134. The minimum Gasteiger partial charge on any atom is -0.288 e. The van der Waals surface area contributed by atoms with E-state index in [0.29, 0.717) is 26.4 Å². The van der Waals surface area contributed by atoms with Crippen molar-refractivity contribution < 1.29 is 48.0 Å². The van der Waals surface area contributed by atoms with Gasteiger partial charge in [-0.25, -0.2) is 43.2 Å². The predicted octanol–water partition coefficient (Wildman–Crippen LogP) is 3.18. The predicted molar refractivity (Wildman–Crippen MR) is 91.8 cm³/mol. The van der Waals surface area contributed by atoms with Crippen molar-refractivity contribution in [1.29, 1.82) is 0 Å². The molecule has 0 unspecified atom stereocenters. The lowest BCUT2D eigenvalue weighted by molar-refractivity contribution is 0.102. The van der Waals surface area contributed by atoms with Crippen LogP contribution >= 0.6 is 0 Å². The molecule has 0 aliphatic heterocycles. The van der Waals surface area contributed by atoms with Gasteiger partial charge in [0.15, 0.2) is 42.9 Å². The van der Waals surface area contributed by atoms with Gasteiger partial charge in [-0.2, -0.15) is 0 Å². The molecule has 0 saturated heterocycles. The van der Waals surface area contributed by atoms with Crippen molar-refractivity contribution in [3.05, 3.63) is 57.2 Å². The van der Waals surface area contributed by atoms with E-state index in [-0.39, 0.29) is 0 Å². The lowest BCUT2D eigenvalue weighted by Gasteiger charge is -2.16. The van der Waals surface area contributed by atoms with Crippen LogP contribution in [0.15, 0.2) is 9.79 Å². The summed E-state index contributed by atoms with van der Waals surface area (Å²) in [6.45, 7) is 1.29. The van der Waals surface area contributed by atoms with Gasteiger partial charge in [0.1, 0.15) is 21.4 Å². The van der Waals surface area contributed by atoms with Crippen LogP contribution in [0.3, 0.4) is 0 Å². The van der Waals surface area contributed by atoms with Crippen LogP contribution in [0, 0.1) is 48.8 Å². The first-order valence-electron chi connectivity index (χ1n) is 7.73. The van der Waals surface area contributed by atoms with E-state index in [0.717, 1.165) is 0 Å². The summed E-state index contributed by atoms with van der Waals surface area (Å²) in [7, 11) is -9.66. The molecule has 0 amide bonds. The monoisotopic (exact) mass is 474 g/mol. The highest BCUT2D eigenvalue weighted by Crippen LogP contribution is 2.35. The lowest BCUT2D eigenvalue weighted by Crippen LogP contribution is -2.22. The third-order valence-corrected chi connectivity index (χ3v) is 6.44. The van der Waals surface area contributed by atoms with Gasteiger partial charge in [0.25, 0.3) is 0 Å². The molecule has 0 spiro atoms. The third-order valence-electron chi connectivity index (χ3n) is 4.19. The quantitative estimate of drug-likeness (QED) is 0.294. The highest BCUT2D eigenvalue weighted by Gasteiger charge is 2.38. The Morgan fingerprint density at radius 1 is 0.567 bits per heavy atom. The van der Waals surface area contributed by atoms with Crippen LogP contribution in [0.4, 0.5) is 26.3 Å². The zero-order valence-corrected chi connectivity index (χ0v) is 17.3. The molecule has 0 bridgehead atoms. The van der Waals surface area contributed by atoms with Crippen LogP contribution in [0.2, 0.25) is 0 Å². The van der Waals surface area contributed by atoms with E-state index in [4.69, 9.17) is 0 Å². The molecule has 0 atom stereocenters. The van der Waals surface area contributed by atoms with E-state index in [1.807, 2.05) is 0 Å². The molecule has 164 valence electrons. The maximum Gasteiger partial charge on any atom is 0.202 e. The molecular weight excluding hydrogens is 462 g/mol. The largest absolute Gasteiger partial charge is 0.288 e. The van der Waals surface area contributed by atoms with E-state index in [9.17, 15) is 48.0 Å². The van der Waals surface area contributed by atoms with Gasteiger partial charge >= 0.3 is 0 Å². The Kier molecular flexibility index (Phi) is 5.87. The average Bonchev–Trinajstić information content (AvgIpc) is 2.61. The summed E-state index contributed by atoms with van der Waals surface area (Å²) in [5.74, 6) is -14.7. The van der Waals surface area contributed by atoms with Gasteiger partial charge in [-0.15, -0.1) is 0 Å². The molecule has 13 heteroatoms. The number of carbonyl (C=O) groups excluding carboxylic acids is 1. The summed E-state index contributed by atoms with van der Waals surface area (Å²) in [5.41, 5.74) is -6.14. The van der Waals surface area contributed by atoms with E-state index in [1.165, 1.54) is 0 Å². The standard InChI is InChI=1S/C17H12F6O5S2/c1-5-9(18)13(22)7(16(11(5)20)29(3,25)26)15(24)8-14(23)10(19)6(2)12(21)17(8)30(4,27)28/h1-4H3. The van der Waals surface area contributed by atoms with Gasteiger partial charge in [-0.1, -0.05) is 0 Å². The first-order chi connectivity index (χ1) is 13.4. The molecule has 0 aromatic heterocycles. The minimum atomic E-state index is -4.83. The van der Waals surface area contributed by atoms with Gasteiger partial charge in [0.05, 0.1) is 11.1 Å². The molecule has 0 saturated carbocycles. The molecule has 2 aromatic carbocycles. The molecule has 0 N–H and O–H groups in total. The highest BCUT2D eigenvalue weighted by atomic mass is 32.2. The third kappa shape index (κ3) is 3.60. The zero-order chi connectivity index (χ0) is 23.5.